The molecule has 0 saturated heterocycles. The summed E-state index contributed by atoms with van der Waals surface area (Å²) < 4.78 is 17.1. The molecule has 0 radical (unpaired) electrons. The first-order valence-corrected chi connectivity index (χ1v) is 10.0. The van der Waals surface area contributed by atoms with Crippen molar-refractivity contribution >= 4 is 16.9 Å². The van der Waals surface area contributed by atoms with Crippen LogP contribution < -0.4 is 15.5 Å². The van der Waals surface area contributed by atoms with Crippen LogP contribution in [0.3, 0.4) is 0 Å². The number of rotatable bonds is 6. The SMILES string of the molecule is Cc1cc2oc(-c3ccco3)c(OCC(=O)N[C@@H](C)c3ccccc3)c(=O)c2cc1C. The van der Waals surface area contributed by atoms with Crippen molar-refractivity contribution in [1.29, 1.82) is 0 Å². The van der Waals surface area contributed by atoms with Crippen molar-refractivity contribution in [3.8, 4) is 17.3 Å². The lowest BCUT2D eigenvalue weighted by molar-refractivity contribution is -0.123. The number of amides is 1. The summed E-state index contributed by atoms with van der Waals surface area (Å²) in [5, 5.41) is 3.27. The average Bonchev–Trinajstić information content (AvgIpc) is 3.30. The second-order valence-electron chi connectivity index (χ2n) is 7.49. The van der Waals surface area contributed by atoms with Gasteiger partial charge in [0.2, 0.25) is 16.9 Å². The first kappa shape index (κ1) is 20.5. The Balaban J connectivity index is 1.64. The molecule has 0 aliphatic rings. The molecule has 2 heterocycles. The molecule has 31 heavy (non-hydrogen) atoms. The summed E-state index contributed by atoms with van der Waals surface area (Å²) in [4.78, 5) is 25.7. The Morgan fingerprint density at radius 2 is 1.81 bits per heavy atom. The Morgan fingerprint density at radius 1 is 1.06 bits per heavy atom. The van der Waals surface area contributed by atoms with E-state index in [4.69, 9.17) is 13.6 Å². The molecule has 2 aromatic heterocycles. The number of nitrogens with one attached hydrogen (secondary N) is 1. The van der Waals surface area contributed by atoms with E-state index >= 15 is 0 Å². The van der Waals surface area contributed by atoms with Gasteiger partial charge in [-0.25, -0.2) is 0 Å². The van der Waals surface area contributed by atoms with E-state index in [1.54, 1.807) is 18.2 Å². The molecule has 6 heteroatoms. The van der Waals surface area contributed by atoms with Gasteiger partial charge in [0, 0.05) is 0 Å². The lowest BCUT2D eigenvalue weighted by Gasteiger charge is -2.15. The second-order valence-corrected chi connectivity index (χ2v) is 7.49. The minimum Gasteiger partial charge on any atom is -0.476 e. The number of benzene rings is 2. The molecule has 0 aliphatic heterocycles. The number of fused-ring (bicyclic) bond motifs is 1. The van der Waals surface area contributed by atoms with Crippen LogP contribution in [0, 0.1) is 13.8 Å². The quantitative estimate of drug-likeness (QED) is 0.481. The van der Waals surface area contributed by atoms with Gasteiger partial charge in [-0.05, 0) is 61.7 Å². The maximum absolute atomic E-state index is 13.2. The van der Waals surface area contributed by atoms with Crippen LogP contribution >= 0.6 is 0 Å². The summed E-state index contributed by atoms with van der Waals surface area (Å²) in [6.07, 6.45) is 1.48. The number of carbonyl (C=O) groups is 1. The van der Waals surface area contributed by atoms with Crippen LogP contribution in [0.15, 0.2) is 74.5 Å². The normalized spacial score (nSPS) is 12.0. The number of hydrogen-bond donors (Lipinski definition) is 1. The Bertz CT molecular complexity index is 1270. The van der Waals surface area contributed by atoms with Crippen molar-refractivity contribution in [2.75, 3.05) is 6.61 Å². The Hall–Kier alpha value is -3.80. The highest BCUT2D eigenvalue weighted by Gasteiger charge is 2.21. The zero-order chi connectivity index (χ0) is 22.0. The van der Waals surface area contributed by atoms with E-state index in [0.717, 1.165) is 16.7 Å². The predicted molar refractivity (Wildman–Crippen MR) is 118 cm³/mol. The lowest BCUT2D eigenvalue weighted by Crippen LogP contribution is -2.32. The molecule has 0 saturated carbocycles. The maximum atomic E-state index is 13.2. The van der Waals surface area contributed by atoms with Crippen LogP contribution in [-0.4, -0.2) is 12.5 Å². The van der Waals surface area contributed by atoms with Crippen LogP contribution in [0.5, 0.6) is 5.75 Å². The van der Waals surface area contributed by atoms with Crippen molar-refractivity contribution in [1.82, 2.24) is 5.32 Å². The number of furan rings is 1. The van der Waals surface area contributed by atoms with Gasteiger partial charge in [0.1, 0.15) is 5.58 Å². The molecule has 4 rings (SSSR count). The lowest BCUT2D eigenvalue weighted by atomic mass is 10.1. The molecule has 1 amide bonds. The van der Waals surface area contributed by atoms with Crippen molar-refractivity contribution in [3.63, 3.8) is 0 Å². The predicted octanol–water partition coefficient (Wildman–Crippen LogP) is 4.93. The molecule has 0 spiro atoms. The largest absolute Gasteiger partial charge is 0.476 e. The van der Waals surface area contributed by atoms with Gasteiger partial charge in [0.25, 0.3) is 5.91 Å². The molecule has 4 aromatic rings. The Kier molecular flexibility index (Phi) is 5.62. The monoisotopic (exact) mass is 417 g/mol. The third-order valence-electron chi connectivity index (χ3n) is 5.23. The summed E-state index contributed by atoms with van der Waals surface area (Å²) in [5.74, 6) is 0.120. The van der Waals surface area contributed by atoms with Gasteiger partial charge in [-0.1, -0.05) is 30.3 Å². The molecule has 1 atom stereocenters. The molecular formula is C25H23NO5. The van der Waals surface area contributed by atoms with Crippen LogP contribution in [0.1, 0.15) is 29.7 Å². The van der Waals surface area contributed by atoms with E-state index in [0.29, 0.717) is 16.7 Å². The highest BCUT2D eigenvalue weighted by atomic mass is 16.5. The summed E-state index contributed by atoms with van der Waals surface area (Å²) in [6.45, 7) is 5.43. The standard InChI is InChI=1S/C25H23NO5/c1-15-12-19-21(13-16(15)2)31-24(20-10-7-11-29-20)25(23(19)28)30-14-22(27)26-17(3)18-8-5-4-6-9-18/h4-13,17H,14H2,1-3H3,(H,26,27)/t17-/m0/s1. The summed E-state index contributed by atoms with van der Waals surface area (Å²) in [6, 6.07) is 16.4. The van der Waals surface area contributed by atoms with Crippen LogP contribution in [0.4, 0.5) is 0 Å². The Labute approximate surface area is 179 Å². The second kappa shape index (κ2) is 8.52. The van der Waals surface area contributed by atoms with Gasteiger partial charge >= 0.3 is 0 Å². The van der Waals surface area contributed by atoms with Gasteiger partial charge in [-0.3, -0.25) is 9.59 Å². The van der Waals surface area contributed by atoms with Crippen LogP contribution in [0.2, 0.25) is 0 Å². The smallest absolute Gasteiger partial charge is 0.258 e. The third-order valence-corrected chi connectivity index (χ3v) is 5.23. The number of ether oxygens (including phenoxy) is 1. The van der Waals surface area contributed by atoms with E-state index < -0.39 is 0 Å². The average molecular weight is 417 g/mol. The third kappa shape index (κ3) is 4.23. The van der Waals surface area contributed by atoms with Gasteiger partial charge < -0.3 is 18.9 Å². The minimum absolute atomic E-state index is 0.0479. The first-order valence-electron chi connectivity index (χ1n) is 10.0. The fourth-order valence-corrected chi connectivity index (χ4v) is 3.38. The minimum atomic E-state index is -0.348. The summed E-state index contributed by atoms with van der Waals surface area (Å²) >= 11 is 0. The topological polar surface area (TPSA) is 81.7 Å². The maximum Gasteiger partial charge on any atom is 0.258 e. The fraction of sp³-hybridized carbons (Fsp3) is 0.200. The molecule has 1 N–H and O–H groups in total. The molecular weight excluding hydrogens is 394 g/mol. The number of aryl methyl sites for hydroxylation is 2. The first-order chi connectivity index (χ1) is 14.9. The molecule has 0 bridgehead atoms. The van der Waals surface area contributed by atoms with Crippen LogP contribution in [-0.2, 0) is 4.79 Å². The number of carbonyl (C=O) groups excluding carboxylic acids is 1. The highest BCUT2D eigenvalue weighted by molar-refractivity contribution is 5.83. The number of hydrogen-bond acceptors (Lipinski definition) is 5. The van der Waals surface area contributed by atoms with E-state index in [1.807, 2.05) is 57.2 Å². The van der Waals surface area contributed by atoms with E-state index in [2.05, 4.69) is 5.32 Å². The van der Waals surface area contributed by atoms with E-state index in [9.17, 15) is 9.59 Å². The van der Waals surface area contributed by atoms with E-state index in [-0.39, 0.29) is 35.5 Å². The zero-order valence-electron chi connectivity index (χ0n) is 17.6. The Morgan fingerprint density at radius 3 is 2.52 bits per heavy atom. The van der Waals surface area contributed by atoms with Gasteiger partial charge in [-0.2, -0.15) is 0 Å². The molecule has 0 aliphatic carbocycles. The molecule has 6 nitrogen and oxygen atoms in total. The van der Waals surface area contributed by atoms with Crippen molar-refractivity contribution in [3.05, 3.63) is 87.8 Å². The zero-order valence-corrected chi connectivity index (χ0v) is 17.6. The van der Waals surface area contributed by atoms with Gasteiger partial charge in [-0.15, -0.1) is 0 Å². The van der Waals surface area contributed by atoms with Crippen molar-refractivity contribution in [2.45, 2.75) is 26.8 Å². The summed E-state index contributed by atoms with van der Waals surface area (Å²) in [5.41, 5.74) is 3.03. The molecule has 158 valence electrons. The van der Waals surface area contributed by atoms with E-state index in [1.165, 1.54) is 6.26 Å². The van der Waals surface area contributed by atoms with Crippen molar-refractivity contribution < 1.29 is 18.4 Å². The molecule has 0 unspecified atom stereocenters. The van der Waals surface area contributed by atoms with Gasteiger partial charge in [0.15, 0.2) is 12.4 Å². The summed E-state index contributed by atoms with van der Waals surface area (Å²) in [7, 11) is 0. The fourth-order valence-electron chi connectivity index (χ4n) is 3.38. The highest BCUT2D eigenvalue weighted by Crippen LogP contribution is 2.32. The molecule has 2 aromatic carbocycles. The van der Waals surface area contributed by atoms with Crippen molar-refractivity contribution in [2.24, 2.45) is 0 Å². The van der Waals surface area contributed by atoms with Crippen LogP contribution in [0.25, 0.3) is 22.5 Å². The van der Waals surface area contributed by atoms with Gasteiger partial charge in [0.05, 0.1) is 17.7 Å². The molecule has 0 fully saturated rings.